The fourth-order valence-electron chi connectivity index (χ4n) is 3.30. The zero-order valence-electron chi connectivity index (χ0n) is 20.3. The van der Waals surface area contributed by atoms with Gasteiger partial charge in [-0.3, -0.25) is 19.2 Å². The van der Waals surface area contributed by atoms with Crippen LogP contribution in [0.2, 0.25) is 0 Å². The molecule has 1 fully saturated rings. The van der Waals surface area contributed by atoms with Crippen LogP contribution in [-0.4, -0.2) is 68.3 Å². The molecule has 1 aliphatic heterocycles. The molecule has 0 aromatic heterocycles. The van der Waals surface area contributed by atoms with Crippen molar-refractivity contribution < 1.29 is 47.6 Å². The van der Waals surface area contributed by atoms with Crippen molar-refractivity contribution in [3.63, 3.8) is 0 Å². The van der Waals surface area contributed by atoms with Crippen molar-refractivity contribution in [2.45, 2.75) is 110 Å². The SMILES string of the molecule is CCCC(=O)OC[C@H]1O[C@@H](OC)[C@H](OC(=O)CCC)[C@@H](OC(=O)CCC)[C@H]1OC(=O)CCC. The first-order chi connectivity index (χ1) is 15.8. The minimum atomic E-state index is -1.20. The van der Waals surface area contributed by atoms with Gasteiger partial charge in [-0.05, 0) is 25.7 Å². The number of methoxy groups -OCH3 is 1. The molecular weight excluding hydrogens is 436 g/mol. The van der Waals surface area contributed by atoms with Gasteiger partial charge < -0.3 is 28.4 Å². The number of rotatable bonds is 14. The van der Waals surface area contributed by atoms with Crippen LogP contribution in [0, 0.1) is 0 Å². The summed E-state index contributed by atoms with van der Waals surface area (Å²) in [7, 11) is 1.35. The van der Waals surface area contributed by atoms with E-state index in [1.807, 2.05) is 27.7 Å². The van der Waals surface area contributed by atoms with Crippen molar-refractivity contribution in [1.82, 2.24) is 0 Å². The van der Waals surface area contributed by atoms with Crippen LogP contribution < -0.4 is 0 Å². The Morgan fingerprint density at radius 2 is 1.06 bits per heavy atom. The lowest BCUT2D eigenvalue weighted by Crippen LogP contribution is -2.63. The average molecular weight is 475 g/mol. The van der Waals surface area contributed by atoms with Crippen LogP contribution in [0.4, 0.5) is 0 Å². The van der Waals surface area contributed by atoms with E-state index in [0.29, 0.717) is 25.7 Å². The van der Waals surface area contributed by atoms with E-state index in [-0.39, 0.29) is 32.3 Å². The van der Waals surface area contributed by atoms with Gasteiger partial charge in [0.25, 0.3) is 0 Å². The number of carbonyl (C=O) groups excluding carboxylic acids is 4. The first-order valence-corrected chi connectivity index (χ1v) is 11.7. The van der Waals surface area contributed by atoms with Gasteiger partial charge in [0.15, 0.2) is 24.6 Å². The van der Waals surface area contributed by atoms with Crippen LogP contribution in [0.5, 0.6) is 0 Å². The Hall–Kier alpha value is -2.20. The van der Waals surface area contributed by atoms with Crippen molar-refractivity contribution in [2.75, 3.05) is 13.7 Å². The fraction of sp³-hybridized carbons (Fsp3) is 0.826. The Labute approximate surface area is 195 Å². The lowest BCUT2D eigenvalue weighted by molar-refractivity contribution is -0.303. The normalized spacial score (nSPS) is 24.6. The first-order valence-electron chi connectivity index (χ1n) is 11.7. The molecule has 10 nitrogen and oxygen atoms in total. The Morgan fingerprint density at radius 1 is 0.636 bits per heavy atom. The van der Waals surface area contributed by atoms with Gasteiger partial charge in [-0.15, -0.1) is 0 Å². The highest BCUT2D eigenvalue weighted by molar-refractivity contribution is 5.72. The molecule has 0 aliphatic carbocycles. The van der Waals surface area contributed by atoms with E-state index in [1.54, 1.807) is 0 Å². The van der Waals surface area contributed by atoms with Gasteiger partial charge >= 0.3 is 23.9 Å². The number of ether oxygens (including phenoxy) is 6. The predicted molar refractivity (Wildman–Crippen MR) is 116 cm³/mol. The van der Waals surface area contributed by atoms with Crippen LogP contribution in [-0.2, 0) is 47.6 Å². The number of hydrogen-bond acceptors (Lipinski definition) is 10. The summed E-state index contributed by atoms with van der Waals surface area (Å²) in [6, 6.07) is 0. The third-order valence-electron chi connectivity index (χ3n) is 4.85. The van der Waals surface area contributed by atoms with Gasteiger partial charge in [0.05, 0.1) is 0 Å². The maximum atomic E-state index is 12.4. The van der Waals surface area contributed by atoms with Crippen LogP contribution in [0.3, 0.4) is 0 Å². The molecule has 0 N–H and O–H groups in total. The summed E-state index contributed by atoms with van der Waals surface area (Å²) < 4.78 is 33.3. The quantitative estimate of drug-likeness (QED) is 0.274. The Bertz CT molecular complexity index is 635. The molecule has 1 aliphatic rings. The van der Waals surface area contributed by atoms with Crippen LogP contribution in [0.15, 0.2) is 0 Å². The Morgan fingerprint density at radius 3 is 1.52 bits per heavy atom. The molecule has 0 saturated carbocycles. The van der Waals surface area contributed by atoms with E-state index < -0.39 is 54.6 Å². The molecule has 1 saturated heterocycles. The van der Waals surface area contributed by atoms with Gasteiger partial charge in [0.1, 0.15) is 12.7 Å². The van der Waals surface area contributed by atoms with Gasteiger partial charge in [0.2, 0.25) is 0 Å². The first kappa shape index (κ1) is 28.8. The van der Waals surface area contributed by atoms with Gasteiger partial charge in [-0.1, -0.05) is 27.7 Å². The van der Waals surface area contributed by atoms with E-state index >= 15 is 0 Å². The average Bonchev–Trinajstić information content (AvgIpc) is 2.76. The molecular formula is C23H38O10. The highest BCUT2D eigenvalue weighted by atomic mass is 16.7. The zero-order chi connectivity index (χ0) is 24.8. The lowest BCUT2D eigenvalue weighted by Gasteiger charge is -2.44. The van der Waals surface area contributed by atoms with Crippen molar-refractivity contribution in [1.29, 1.82) is 0 Å². The second-order valence-electron chi connectivity index (χ2n) is 7.83. The molecule has 0 amide bonds. The maximum absolute atomic E-state index is 12.4. The van der Waals surface area contributed by atoms with Gasteiger partial charge in [-0.25, -0.2) is 0 Å². The molecule has 0 aromatic rings. The van der Waals surface area contributed by atoms with E-state index in [1.165, 1.54) is 7.11 Å². The third-order valence-corrected chi connectivity index (χ3v) is 4.85. The Kier molecular flexibility index (Phi) is 13.6. The number of carbonyl (C=O) groups is 4. The predicted octanol–water partition coefficient (Wildman–Crippen LogP) is 2.84. The molecule has 33 heavy (non-hydrogen) atoms. The topological polar surface area (TPSA) is 124 Å². The molecule has 0 aromatic carbocycles. The highest BCUT2D eigenvalue weighted by Crippen LogP contribution is 2.30. The molecule has 10 heteroatoms. The highest BCUT2D eigenvalue weighted by Gasteiger charge is 2.53. The van der Waals surface area contributed by atoms with Crippen molar-refractivity contribution in [2.24, 2.45) is 0 Å². The monoisotopic (exact) mass is 474 g/mol. The maximum Gasteiger partial charge on any atom is 0.306 e. The zero-order valence-corrected chi connectivity index (χ0v) is 20.3. The summed E-state index contributed by atoms with van der Waals surface area (Å²) in [5.74, 6) is -2.06. The second-order valence-corrected chi connectivity index (χ2v) is 7.83. The minimum Gasteiger partial charge on any atom is -0.463 e. The van der Waals surface area contributed by atoms with Crippen molar-refractivity contribution in [3.8, 4) is 0 Å². The van der Waals surface area contributed by atoms with E-state index in [2.05, 4.69) is 0 Å². The van der Waals surface area contributed by atoms with E-state index in [0.717, 1.165) is 0 Å². The fourth-order valence-corrected chi connectivity index (χ4v) is 3.30. The van der Waals surface area contributed by atoms with Crippen molar-refractivity contribution >= 4 is 23.9 Å². The van der Waals surface area contributed by atoms with E-state index in [4.69, 9.17) is 28.4 Å². The van der Waals surface area contributed by atoms with Crippen LogP contribution in [0.1, 0.15) is 79.1 Å². The summed E-state index contributed by atoms with van der Waals surface area (Å²) in [6.45, 7) is 7.04. The Balaban J connectivity index is 3.27. The summed E-state index contributed by atoms with van der Waals surface area (Å²) in [4.78, 5) is 49.0. The molecule has 1 rings (SSSR count). The standard InChI is InChI=1S/C23H38O10/c1-6-10-16(24)29-14-15-20(31-17(25)11-7-2)21(32-18(26)12-8-3)22(23(28-5)30-15)33-19(27)13-9-4/h15,20-23H,6-14H2,1-5H3/t15-,20+,21+,22-,23-/m1/s1. The molecule has 1 heterocycles. The molecule has 0 unspecified atom stereocenters. The van der Waals surface area contributed by atoms with E-state index in [9.17, 15) is 19.2 Å². The molecule has 0 spiro atoms. The van der Waals surface area contributed by atoms with Crippen LogP contribution >= 0.6 is 0 Å². The summed E-state index contributed by atoms with van der Waals surface area (Å²) >= 11 is 0. The van der Waals surface area contributed by atoms with Gasteiger partial charge in [-0.2, -0.15) is 0 Å². The number of hydrogen-bond donors (Lipinski definition) is 0. The third kappa shape index (κ3) is 9.67. The van der Waals surface area contributed by atoms with Crippen LogP contribution in [0.25, 0.3) is 0 Å². The van der Waals surface area contributed by atoms with Gasteiger partial charge in [0, 0.05) is 32.8 Å². The summed E-state index contributed by atoms with van der Waals surface area (Å²) in [6.07, 6.45) is -2.80. The van der Waals surface area contributed by atoms with Crippen molar-refractivity contribution in [3.05, 3.63) is 0 Å². The second kappa shape index (κ2) is 15.6. The molecule has 0 radical (unpaired) electrons. The smallest absolute Gasteiger partial charge is 0.306 e. The number of esters is 4. The molecule has 5 atom stereocenters. The minimum absolute atomic E-state index is 0.121. The molecule has 190 valence electrons. The summed E-state index contributed by atoms with van der Waals surface area (Å²) in [5.41, 5.74) is 0. The molecule has 0 bridgehead atoms. The lowest BCUT2D eigenvalue weighted by atomic mass is 9.98. The summed E-state index contributed by atoms with van der Waals surface area (Å²) in [5, 5.41) is 0. The largest absolute Gasteiger partial charge is 0.463 e.